The van der Waals surface area contributed by atoms with E-state index in [0.717, 1.165) is 12.8 Å². The Bertz CT molecular complexity index is 387. The maximum absolute atomic E-state index is 10.2. The van der Waals surface area contributed by atoms with E-state index in [1.165, 1.54) is 18.2 Å². The quantitative estimate of drug-likeness (QED) is 0.513. The summed E-state index contributed by atoms with van der Waals surface area (Å²) in [5.41, 5.74) is 0. The minimum Gasteiger partial charge on any atom is -0.211 e. The molecule has 1 aliphatic rings. The molecular weight excluding hydrogens is 242 g/mol. The smallest absolute Gasteiger partial charge is 0.211 e. The molecule has 0 N–H and O–H groups in total. The van der Waals surface area contributed by atoms with Crippen LogP contribution in [0, 0.1) is 0 Å². The van der Waals surface area contributed by atoms with Gasteiger partial charge in [0.1, 0.15) is 0 Å². The zero-order valence-corrected chi connectivity index (χ0v) is 9.90. The van der Waals surface area contributed by atoms with E-state index < -0.39 is 0 Å². The second-order valence-electron chi connectivity index (χ2n) is 3.71. The fraction of sp³-hybridized carbons (Fsp3) is 0.700. The Morgan fingerprint density at radius 2 is 1.65 bits per heavy atom. The zero-order valence-electron chi connectivity index (χ0n) is 9.09. The van der Waals surface area contributed by atoms with Crippen molar-refractivity contribution in [2.45, 2.75) is 22.8 Å². The Balaban J connectivity index is 2.68. The summed E-state index contributed by atoms with van der Waals surface area (Å²) in [6, 6.07) is 0. The first-order chi connectivity index (χ1) is 8.26. The molecule has 0 saturated carbocycles. The predicted octanol–water partition coefficient (Wildman–Crippen LogP) is 0.628. The highest BCUT2D eigenvalue weighted by Gasteiger charge is 2.39. The van der Waals surface area contributed by atoms with Crippen molar-refractivity contribution in [1.82, 2.24) is 0 Å². The van der Waals surface area contributed by atoms with Crippen LogP contribution in [0.4, 0.5) is 0 Å². The molecule has 7 heteroatoms. The van der Waals surface area contributed by atoms with Crippen molar-refractivity contribution in [2.75, 3.05) is 19.6 Å². The summed E-state index contributed by atoms with van der Waals surface area (Å²) in [5, 5.41) is 0.181. The van der Waals surface area contributed by atoms with Crippen molar-refractivity contribution in [3.8, 4) is 0 Å². The molecule has 0 spiro atoms. The van der Waals surface area contributed by atoms with Gasteiger partial charge in [0.2, 0.25) is 18.2 Å². The van der Waals surface area contributed by atoms with Crippen LogP contribution in [-0.2, 0) is 14.4 Å². The van der Waals surface area contributed by atoms with Crippen molar-refractivity contribution in [3.63, 3.8) is 0 Å². The summed E-state index contributed by atoms with van der Waals surface area (Å²) >= 11 is 1.56. The Kier molecular flexibility index (Phi) is 5.53. The van der Waals surface area contributed by atoms with E-state index in [9.17, 15) is 14.4 Å². The van der Waals surface area contributed by atoms with Crippen molar-refractivity contribution in [1.29, 1.82) is 0 Å². The van der Waals surface area contributed by atoms with Gasteiger partial charge in [-0.05, 0) is 12.8 Å². The van der Waals surface area contributed by atoms with Crippen LogP contribution in [0.2, 0.25) is 0 Å². The number of carbonyl (C=O) groups excluding carboxylic acids is 3. The van der Waals surface area contributed by atoms with Gasteiger partial charge in [0.25, 0.3) is 0 Å². The molecule has 0 aromatic carbocycles. The van der Waals surface area contributed by atoms with Gasteiger partial charge in [-0.2, -0.15) is 0 Å². The first-order valence-corrected chi connectivity index (χ1v) is 5.93. The van der Waals surface area contributed by atoms with Crippen LogP contribution < -0.4 is 0 Å². The third-order valence-electron chi connectivity index (χ3n) is 2.56. The molecule has 90 valence electrons. The van der Waals surface area contributed by atoms with E-state index in [0.29, 0.717) is 6.54 Å². The van der Waals surface area contributed by atoms with E-state index in [1.807, 2.05) is 0 Å². The summed E-state index contributed by atoms with van der Waals surface area (Å²) in [4.78, 5) is 41.0. The highest BCUT2D eigenvalue weighted by atomic mass is 32.2. The number of hydrogen-bond donors (Lipinski definition) is 0. The van der Waals surface area contributed by atoms with Gasteiger partial charge in [-0.1, -0.05) is 0 Å². The second-order valence-corrected chi connectivity index (χ2v) is 5.48. The van der Waals surface area contributed by atoms with E-state index in [2.05, 4.69) is 15.0 Å². The molecule has 1 fully saturated rings. The van der Waals surface area contributed by atoms with Gasteiger partial charge in [0, 0.05) is 5.25 Å². The van der Waals surface area contributed by atoms with Gasteiger partial charge in [-0.3, -0.25) is 0 Å². The monoisotopic (exact) mass is 253 g/mol. The lowest BCUT2D eigenvalue weighted by Gasteiger charge is -2.23. The van der Waals surface area contributed by atoms with Crippen LogP contribution in [0.15, 0.2) is 15.0 Å². The molecule has 0 aromatic heterocycles. The molecule has 0 aromatic rings. The van der Waals surface area contributed by atoms with Crippen LogP contribution >= 0.6 is 11.8 Å². The third kappa shape index (κ3) is 4.10. The highest BCUT2D eigenvalue weighted by Crippen LogP contribution is 2.44. The molecule has 0 amide bonds. The number of rotatable bonds is 6. The van der Waals surface area contributed by atoms with Crippen LogP contribution in [0.25, 0.3) is 0 Å². The molecular formula is C10H11N3O3S. The van der Waals surface area contributed by atoms with Gasteiger partial charge < -0.3 is 0 Å². The molecule has 6 nitrogen and oxygen atoms in total. The minimum atomic E-state index is -0.363. The normalized spacial score (nSPS) is 26.5. The maximum atomic E-state index is 10.2. The molecule has 17 heavy (non-hydrogen) atoms. The van der Waals surface area contributed by atoms with Gasteiger partial charge in [0.05, 0.1) is 24.4 Å². The first kappa shape index (κ1) is 13.6. The fourth-order valence-corrected chi connectivity index (χ4v) is 3.40. The second kappa shape index (κ2) is 6.94. The van der Waals surface area contributed by atoms with Crippen LogP contribution in [0.3, 0.4) is 0 Å². The summed E-state index contributed by atoms with van der Waals surface area (Å²) < 4.78 is -0.363. The number of hydrogen-bond acceptors (Lipinski definition) is 7. The van der Waals surface area contributed by atoms with Crippen LogP contribution in [0.5, 0.6) is 0 Å². The van der Waals surface area contributed by atoms with Crippen LogP contribution in [0.1, 0.15) is 12.8 Å². The van der Waals surface area contributed by atoms with Crippen molar-refractivity contribution < 1.29 is 14.4 Å². The number of isocyanates is 3. The van der Waals surface area contributed by atoms with E-state index in [4.69, 9.17) is 0 Å². The number of aliphatic imine (C=N–C) groups is 3. The predicted molar refractivity (Wildman–Crippen MR) is 62.3 cm³/mol. The lowest BCUT2D eigenvalue weighted by molar-refractivity contribution is 0.537. The van der Waals surface area contributed by atoms with Crippen molar-refractivity contribution in [2.24, 2.45) is 15.0 Å². The van der Waals surface area contributed by atoms with Gasteiger partial charge in [-0.25, -0.2) is 29.4 Å². The zero-order chi connectivity index (χ0) is 12.6. The van der Waals surface area contributed by atoms with Crippen molar-refractivity contribution in [3.05, 3.63) is 0 Å². The van der Waals surface area contributed by atoms with Crippen LogP contribution in [-0.4, -0.2) is 47.9 Å². The third-order valence-corrected chi connectivity index (χ3v) is 4.24. The Morgan fingerprint density at radius 3 is 2.18 bits per heavy atom. The summed E-state index contributed by atoms with van der Waals surface area (Å²) in [5.74, 6) is 0. The standard InChI is InChI=1S/C10H11N3O3S/c14-6-11-3-9-1-2-10(17-9,4-12-7-15)5-13-8-16/h9H,1-5H2. The molecule has 1 atom stereocenters. The molecule has 1 unspecified atom stereocenters. The van der Waals surface area contributed by atoms with Gasteiger partial charge in [-0.15, -0.1) is 11.8 Å². The van der Waals surface area contributed by atoms with E-state index in [1.54, 1.807) is 11.8 Å². The van der Waals surface area contributed by atoms with Crippen molar-refractivity contribution >= 4 is 30.0 Å². The Morgan fingerprint density at radius 1 is 1.06 bits per heavy atom. The molecule has 1 rings (SSSR count). The molecule has 1 aliphatic heterocycles. The molecule has 0 bridgehead atoms. The molecule has 1 heterocycles. The van der Waals surface area contributed by atoms with Gasteiger partial charge >= 0.3 is 0 Å². The largest absolute Gasteiger partial charge is 0.234 e. The minimum absolute atomic E-state index is 0.181. The molecule has 1 saturated heterocycles. The molecule has 0 aliphatic carbocycles. The topological polar surface area (TPSA) is 88.3 Å². The Labute approximate surface area is 102 Å². The highest BCUT2D eigenvalue weighted by molar-refractivity contribution is 8.01. The average Bonchev–Trinajstić information content (AvgIpc) is 2.76. The van der Waals surface area contributed by atoms with E-state index >= 15 is 0 Å². The molecule has 0 radical (unpaired) electrons. The number of thioether (sulfide) groups is 1. The lowest BCUT2D eigenvalue weighted by atomic mass is 10.0. The Hall–Kier alpha value is -1.51. The lowest BCUT2D eigenvalue weighted by Crippen LogP contribution is -2.29. The number of nitrogens with zero attached hydrogens (tertiary/aromatic N) is 3. The summed E-state index contributed by atoms with van der Waals surface area (Å²) in [7, 11) is 0. The fourth-order valence-electron chi connectivity index (χ4n) is 1.80. The SMILES string of the molecule is O=C=NCC1CCC(CN=C=O)(CN=C=O)S1. The maximum Gasteiger partial charge on any atom is 0.234 e. The van der Waals surface area contributed by atoms with E-state index in [-0.39, 0.29) is 23.1 Å². The summed E-state index contributed by atoms with van der Waals surface area (Å²) in [6.45, 7) is 0.937. The first-order valence-electron chi connectivity index (χ1n) is 5.05. The van der Waals surface area contributed by atoms with Gasteiger partial charge in [0.15, 0.2) is 0 Å². The summed E-state index contributed by atoms with van der Waals surface area (Å²) in [6.07, 6.45) is 6.09. The average molecular weight is 253 g/mol.